The third kappa shape index (κ3) is 7.70. The molecule has 0 fully saturated rings. The van der Waals surface area contributed by atoms with Crippen molar-refractivity contribution in [2.75, 3.05) is 13.2 Å². The van der Waals surface area contributed by atoms with Crippen LogP contribution in [0, 0.1) is 6.92 Å². The lowest BCUT2D eigenvalue weighted by molar-refractivity contribution is -0.137. The molecular weight excluding hydrogens is 501 g/mol. The quantitative estimate of drug-likeness (QED) is 0.312. The lowest BCUT2D eigenvalue weighted by Gasteiger charge is -2.09. The number of nitrogens with zero attached hydrogens (tertiary/aromatic N) is 1. The number of alkyl halides is 3. The van der Waals surface area contributed by atoms with Gasteiger partial charge in [0.05, 0.1) is 17.8 Å². The molecule has 0 saturated carbocycles. The van der Waals surface area contributed by atoms with Gasteiger partial charge in [-0.05, 0) is 24.6 Å². The predicted octanol–water partition coefficient (Wildman–Crippen LogP) is 4.43. The smallest absolute Gasteiger partial charge is 0.426 e. The van der Waals surface area contributed by atoms with Gasteiger partial charge >= 0.3 is 18.4 Å². The SMILES string of the molecule is Cc1nc(-c2ccc(C(F)(F)F)cc2)sc1C(=O)NNC(=O)OCCNC(=O)OCc1ccccc1. The molecule has 1 heterocycles. The van der Waals surface area contributed by atoms with Crippen LogP contribution >= 0.6 is 11.3 Å². The van der Waals surface area contributed by atoms with E-state index in [1.165, 1.54) is 12.1 Å². The summed E-state index contributed by atoms with van der Waals surface area (Å²) in [5, 5.41) is 2.76. The van der Waals surface area contributed by atoms with Crippen molar-refractivity contribution in [3.8, 4) is 10.6 Å². The molecule has 3 N–H and O–H groups in total. The number of amides is 3. The number of rotatable bonds is 7. The number of benzene rings is 2. The highest BCUT2D eigenvalue weighted by Gasteiger charge is 2.30. The third-order valence-corrected chi connectivity index (χ3v) is 5.76. The summed E-state index contributed by atoms with van der Waals surface area (Å²) in [6.45, 7) is 1.46. The van der Waals surface area contributed by atoms with Crippen LogP contribution in [0.15, 0.2) is 54.6 Å². The molecule has 190 valence electrons. The van der Waals surface area contributed by atoms with Crippen molar-refractivity contribution < 1.29 is 37.0 Å². The van der Waals surface area contributed by atoms with Gasteiger partial charge in [-0.2, -0.15) is 13.2 Å². The van der Waals surface area contributed by atoms with Crippen molar-refractivity contribution >= 4 is 29.4 Å². The molecule has 9 nitrogen and oxygen atoms in total. The average Bonchev–Trinajstić information content (AvgIpc) is 3.25. The molecule has 1 aromatic heterocycles. The summed E-state index contributed by atoms with van der Waals surface area (Å²) < 4.78 is 48.1. The van der Waals surface area contributed by atoms with Crippen molar-refractivity contribution in [3.05, 3.63) is 76.3 Å². The van der Waals surface area contributed by atoms with Crippen LogP contribution in [0.25, 0.3) is 10.6 Å². The molecule has 0 saturated heterocycles. The fourth-order valence-electron chi connectivity index (χ4n) is 2.80. The van der Waals surface area contributed by atoms with Crippen LogP contribution in [0.5, 0.6) is 0 Å². The van der Waals surface area contributed by atoms with E-state index in [-0.39, 0.29) is 24.6 Å². The number of hydrazine groups is 1. The van der Waals surface area contributed by atoms with E-state index in [9.17, 15) is 27.6 Å². The average molecular weight is 523 g/mol. The second-order valence-corrected chi connectivity index (χ2v) is 8.21. The minimum Gasteiger partial charge on any atom is -0.446 e. The fraction of sp³-hybridized carbons (Fsp3) is 0.217. The Labute approximate surface area is 207 Å². The Kier molecular flexibility index (Phi) is 8.84. The van der Waals surface area contributed by atoms with Gasteiger partial charge in [0.15, 0.2) is 0 Å². The van der Waals surface area contributed by atoms with Crippen molar-refractivity contribution in [3.63, 3.8) is 0 Å². The zero-order valence-corrected chi connectivity index (χ0v) is 19.7. The van der Waals surface area contributed by atoms with Crippen molar-refractivity contribution in [1.29, 1.82) is 0 Å². The zero-order valence-electron chi connectivity index (χ0n) is 18.8. The molecule has 0 aliphatic heterocycles. The largest absolute Gasteiger partial charge is 0.446 e. The highest BCUT2D eigenvalue weighted by molar-refractivity contribution is 7.17. The van der Waals surface area contributed by atoms with E-state index >= 15 is 0 Å². The molecule has 3 aromatic rings. The van der Waals surface area contributed by atoms with Crippen LogP contribution in [-0.2, 0) is 22.3 Å². The Morgan fingerprint density at radius 3 is 2.31 bits per heavy atom. The number of hydrogen-bond donors (Lipinski definition) is 3. The van der Waals surface area contributed by atoms with Crippen LogP contribution in [0.1, 0.15) is 26.5 Å². The van der Waals surface area contributed by atoms with Gasteiger partial charge in [-0.1, -0.05) is 42.5 Å². The van der Waals surface area contributed by atoms with Gasteiger partial charge in [0.2, 0.25) is 0 Å². The first-order valence-corrected chi connectivity index (χ1v) is 11.3. The molecule has 0 atom stereocenters. The Hall–Kier alpha value is -4.13. The van der Waals surface area contributed by atoms with E-state index in [0.29, 0.717) is 16.3 Å². The van der Waals surface area contributed by atoms with Crippen LogP contribution in [0.4, 0.5) is 22.8 Å². The van der Waals surface area contributed by atoms with Crippen LogP contribution in [0.3, 0.4) is 0 Å². The summed E-state index contributed by atoms with van der Waals surface area (Å²) in [5.74, 6) is -0.678. The zero-order chi connectivity index (χ0) is 26.1. The van der Waals surface area contributed by atoms with Gasteiger partial charge in [0.1, 0.15) is 23.1 Å². The maximum atomic E-state index is 12.7. The van der Waals surface area contributed by atoms with E-state index in [1.807, 2.05) is 18.2 Å². The molecule has 36 heavy (non-hydrogen) atoms. The van der Waals surface area contributed by atoms with Gasteiger partial charge in [0, 0.05) is 5.56 Å². The highest BCUT2D eigenvalue weighted by Crippen LogP contribution is 2.32. The number of nitrogens with one attached hydrogen (secondary N) is 3. The first-order chi connectivity index (χ1) is 17.1. The molecule has 0 aliphatic rings. The number of hydrogen-bond acceptors (Lipinski definition) is 7. The predicted molar refractivity (Wildman–Crippen MR) is 124 cm³/mol. The minimum absolute atomic E-state index is 0.0145. The molecule has 0 radical (unpaired) electrons. The molecule has 3 rings (SSSR count). The second-order valence-electron chi connectivity index (χ2n) is 7.21. The Morgan fingerprint density at radius 1 is 0.944 bits per heavy atom. The van der Waals surface area contributed by atoms with Crippen molar-refractivity contribution in [2.24, 2.45) is 0 Å². The summed E-state index contributed by atoms with van der Waals surface area (Å²) in [7, 11) is 0. The number of aromatic nitrogens is 1. The molecule has 0 bridgehead atoms. The van der Waals surface area contributed by atoms with E-state index in [0.717, 1.165) is 29.0 Å². The van der Waals surface area contributed by atoms with E-state index in [2.05, 4.69) is 21.2 Å². The lowest BCUT2D eigenvalue weighted by atomic mass is 10.1. The number of carbonyl (C=O) groups is 3. The maximum absolute atomic E-state index is 12.7. The van der Waals surface area contributed by atoms with Gasteiger partial charge in [-0.15, -0.1) is 11.3 Å². The summed E-state index contributed by atoms with van der Waals surface area (Å²) in [6, 6.07) is 13.5. The molecule has 3 amide bonds. The molecule has 0 aliphatic carbocycles. The summed E-state index contributed by atoms with van der Waals surface area (Å²) in [5.41, 5.74) is 5.01. The normalized spacial score (nSPS) is 10.9. The number of carbonyl (C=O) groups excluding carboxylic acids is 3. The third-order valence-electron chi connectivity index (χ3n) is 4.56. The topological polar surface area (TPSA) is 119 Å². The fourth-order valence-corrected chi connectivity index (χ4v) is 3.77. The Morgan fingerprint density at radius 2 is 1.64 bits per heavy atom. The molecule has 13 heteroatoms. The monoisotopic (exact) mass is 522 g/mol. The van der Waals surface area contributed by atoms with Gasteiger partial charge in [-0.3, -0.25) is 10.2 Å². The standard InChI is InChI=1S/C23H21F3N4O5S/c1-14-18(36-20(28-14)16-7-9-17(10-8-16)23(24,25)26)19(31)29-30-22(33)34-12-11-27-21(32)35-13-15-5-3-2-4-6-15/h2-10H,11-13H2,1H3,(H,27,32)(H,29,31)(H,30,33). The minimum atomic E-state index is -4.45. The summed E-state index contributed by atoms with van der Waals surface area (Å²) in [4.78, 5) is 40.1. The second kappa shape index (κ2) is 12.0. The molecule has 0 spiro atoms. The van der Waals surface area contributed by atoms with Gasteiger partial charge < -0.3 is 14.8 Å². The summed E-state index contributed by atoms with van der Waals surface area (Å²) in [6.07, 6.45) is -6.10. The lowest BCUT2D eigenvalue weighted by Crippen LogP contribution is -2.42. The number of aryl methyl sites for hydroxylation is 1. The van der Waals surface area contributed by atoms with Crippen LogP contribution in [-0.4, -0.2) is 36.2 Å². The van der Waals surface area contributed by atoms with E-state index < -0.39 is 29.8 Å². The molecule has 0 unspecified atom stereocenters. The van der Waals surface area contributed by atoms with Gasteiger partial charge in [-0.25, -0.2) is 20.0 Å². The number of thiazole rings is 1. The van der Waals surface area contributed by atoms with E-state index in [1.54, 1.807) is 19.1 Å². The van der Waals surface area contributed by atoms with E-state index in [4.69, 9.17) is 9.47 Å². The maximum Gasteiger partial charge on any atom is 0.426 e. The first-order valence-electron chi connectivity index (χ1n) is 10.5. The molecular formula is C23H21F3N4O5S. The molecule has 2 aromatic carbocycles. The summed E-state index contributed by atoms with van der Waals surface area (Å²) >= 11 is 0.955. The Bertz CT molecular complexity index is 1200. The first kappa shape index (κ1) is 26.5. The van der Waals surface area contributed by atoms with Crippen molar-refractivity contribution in [1.82, 2.24) is 21.2 Å². The van der Waals surface area contributed by atoms with Crippen LogP contribution < -0.4 is 16.2 Å². The Balaban J connectivity index is 1.39. The number of alkyl carbamates (subject to hydrolysis) is 1. The number of ether oxygens (including phenoxy) is 2. The van der Waals surface area contributed by atoms with Crippen molar-refractivity contribution in [2.45, 2.75) is 19.7 Å². The highest BCUT2D eigenvalue weighted by atomic mass is 32.1. The number of halogens is 3. The van der Waals surface area contributed by atoms with Crippen LogP contribution in [0.2, 0.25) is 0 Å². The van der Waals surface area contributed by atoms with Gasteiger partial charge in [0.25, 0.3) is 5.91 Å².